The lowest BCUT2D eigenvalue weighted by Gasteiger charge is -2.16. The van der Waals surface area contributed by atoms with Gasteiger partial charge in [-0.1, -0.05) is 30.3 Å². The molecule has 0 bridgehead atoms. The number of hydrogen-bond acceptors (Lipinski definition) is 2. The van der Waals surface area contributed by atoms with Crippen LogP contribution in [0.3, 0.4) is 0 Å². The van der Waals surface area contributed by atoms with Gasteiger partial charge in [0.2, 0.25) is 0 Å². The van der Waals surface area contributed by atoms with Gasteiger partial charge in [-0.25, -0.2) is 0 Å². The zero-order valence-electron chi connectivity index (χ0n) is 10.0. The molecule has 1 unspecified atom stereocenters. The Labute approximate surface area is 116 Å². The van der Waals surface area contributed by atoms with Crippen LogP contribution in [-0.2, 0) is 11.3 Å². The van der Waals surface area contributed by atoms with Crippen LogP contribution in [-0.4, -0.2) is 29.9 Å². The Balaban J connectivity index is 1.81. The van der Waals surface area contributed by atoms with Crippen molar-refractivity contribution in [2.45, 2.75) is 19.0 Å². The van der Waals surface area contributed by atoms with Crippen molar-refractivity contribution in [1.82, 2.24) is 10.2 Å². The van der Waals surface area contributed by atoms with Gasteiger partial charge in [0.05, 0.1) is 0 Å². The van der Waals surface area contributed by atoms with Crippen molar-refractivity contribution >= 4 is 21.8 Å². The number of carbonyl (C=O) groups is 1. The summed E-state index contributed by atoms with van der Waals surface area (Å²) in [4.78, 5) is 16.1. The normalized spacial score (nSPS) is 19.1. The highest BCUT2D eigenvalue weighted by molar-refractivity contribution is 9.12. The van der Waals surface area contributed by atoms with Gasteiger partial charge in [0, 0.05) is 47.5 Å². The highest BCUT2D eigenvalue weighted by atomic mass is 79.9. The fraction of sp³-hybridized carbons (Fsp3) is 0.357. The van der Waals surface area contributed by atoms with Gasteiger partial charge in [-0.3, -0.25) is 9.69 Å². The Bertz CT molecular complexity index is 464. The first kappa shape index (κ1) is 13.1. The third-order valence-corrected chi connectivity index (χ3v) is 3.22. The van der Waals surface area contributed by atoms with Crippen molar-refractivity contribution in [3.05, 3.63) is 35.9 Å². The summed E-state index contributed by atoms with van der Waals surface area (Å²) in [6, 6.07) is 10.6. The highest BCUT2D eigenvalue weighted by Gasteiger charge is 2.23. The number of hydrogen-bond donors (Lipinski definition) is 1. The minimum atomic E-state index is -0.210. The average molecular weight is 307 g/mol. The average Bonchev–Trinajstić information content (AvgIpc) is 2.78. The minimum Gasteiger partial charge on any atom is -0.341 e. The Kier molecular flexibility index (Phi) is 4.80. The van der Waals surface area contributed by atoms with Crippen LogP contribution in [0.2, 0.25) is 0 Å². The van der Waals surface area contributed by atoms with Crippen molar-refractivity contribution < 1.29 is 4.79 Å². The van der Waals surface area contributed by atoms with Crippen molar-refractivity contribution in [3.8, 4) is 10.8 Å². The third-order valence-electron chi connectivity index (χ3n) is 3.02. The Morgan fingerprint density at radius 1 is 1.44 bits per heavy atom. The number of amides is 1. The van der Waals surface area contributed by atoms with Gasteiger partial charge in [0.15, 0.2) is 0 Å². The van der Waals surface area contributed by atoms with Crippen LogP contribution >= 0.6 is 15.9 Å². The molecule has 0 aromatic heterocycles. The predicted molar refractivity (Wildman–Crippen MR) is 75.0 cm³/mol. The van der Waals surface area contributed by atoms with E-state index in [0.717, 1.165) is 26.1 Å². The maximum absolute atomic E-state index is 11.3. The molecule has 3 nitrogen and oxygen atoms in total. The second-order valence-corrected chi connectivity index (χ2v) is 4.80. The van der Waals surface area contributed by atoms with E-state index in [2.05, 4.69) is 61.2 Å². The van der Waals surface area contributed by atoms with Crippen LogP contribution in [0.5, 0.6) is 0 Å². The van der Waals surface area contributed by atoms with E-state index in [-0.39, 0.29) is 11.9 Å². The van der Waals surface area contributed by atoms with E-state index in [9.17, 15) is 4.79 Å². The number of rotatable bonds is 3. The minimum absolute atomic E-state index is 0.210. The zero-order valence-corrected chi connectivity index (χ0v) is 11.6. The molecule has 1 aliphatic heterocycles. The quantitative estimate of drug-likeness (QED) is 0.863. The largest absolute Gasteiger partial charge is 0.341 e. The molecule has 1 fully saturated rings. The lowest BCUT2D eigenvalue weighted by molar-refractivity contribution is -0.116. The van der Waals surface area contributed by atoms with Crippen LogP contribution < -0.4 is 5.32 Å². The van der Waals surface area contributed by atoms with Gasteiger partial charge < -0.3 is 5.32 Å². The van der Waals surface area contributed by atoms with Crippen LogP contribution in [0.15, 0.2) is 30.3 Å². The first-order valence-electron chi connectivity index (χ1n) is 5.96. The molecular weight excluding hydrogens is 292 g/mol. The van der Waals surface area contributed by atoms with Crippen molar-refractivity contribution in [1.29, 1.82) is 0 Å². The van der Waals surface area contributed by atoms with Gasteiger partial charge in [-0.2, -0.15) is 0 Å². The SMILES string of the molecule is O=C(C#CBr)NC1CCN(Cc2ccccc2)C1. The number of nitrogens with zero attached hydrogens (tertiary/aromatic N) is 1. The molecule has 1 aromatic carbocycles. The Hall–Kier alpha value is -1.31. The van der Waals surface area contributed by atoms with Gasteiger partial charge in [-0.05, 0) is 16.8 Å². The fourth-order valence-electron chi connectivity index (χ4n) is 2.20. The van der Waals surface area contributed by atoms with Gasteiger partial charge in [0.1, 0.15) is 0 Å². The molecule has 18 heavy (non-hydrogen) atoms. The van der Waals surface area contributed by atoms with Gasteiger partial charge in [0.25, 0.3) is 5.91 Å². The smallest absolute Gasteiger partial charge is 0.297 e. The zero-order chi connectivity index (χ0) is 12.8. The van der Waals surface area contributed by atoms with Gasteiger partial charge in [-0.15, -0.1) is 0 Å². The van der Waals surface area contributed by atoms with E-state index < -0.39 is 0 Å². The van der Waals surface area contributed by atoms with Crippen molar-refractivity contribution in [3.63, 3.8) is 0 Å². The maximum atomic E-state index is 11.3. The number of benzene rings is 1. The molecule has 1 aromatic rings. The number of halogens is 1. The molecule has 4 heteroatoms. The summed E-state index contributed by atoms with van der Waals surface area (Å²) in [5.41, 5.74) is 1.31. The molecule has 0 radical (unpaired) electrons. The van der Waals surface area contributed by atoms with Crippen molar-refractivity contribution in [2.75, 3.05) is 13.1 Å². The molecule has 94 valence electrons. The predicted octanol–water partition coefficient (Wildman–Crippen LogP) is 1.73. The first-order chi connectivity index (χ1) is 8.78. The number of carbonyl (C=O) groups excluding carboxylic acids is 1. The molecule has 0 aliphatic carbocycles. The Morgan fingerprint density at radius 2 is 2.22 bits per heavy atom. The van der Waals surface area contributed by atoms with E-state index in [1.54, 1.807) is 0 Å². The first-order valence-corrected chi connectivity index (χ1v) is 6.75. The molecule has 1 aliphatic rings. The molecular formula is C14H15BrN2O. The number of nitrogens with one attached hydrogen (secondary N) is 1. The topological polar surface area (TPSA) is 32.3 Å². The summed E-state index contributed by atoms with van der Waals surface area (Å²) in [6.45, 7) is 2.85. The molecule has 2 rings (SSSR count). The fourth-order valence-corrected chi connectivity index (χ4v) is 2.38. The summed E-state index contributed by atoms with van der Waals surface area (Å²) < 4.78 is 0. The molecule has 0 saturated carbocycles. The van der Waals surface area contributed by atoms with E-state index in [4.69, 9.17) is 0 Å². The summed E-state index contributed by atoms with van der Waals surface area (Å²) >= 11 is 2.92. The standard InChI is InChI=1S/C14H15BrN2O/c15-8-6-14(18)16-13-7-9-17(11-13)10-12-4-2-1-3-5-12/h1-5,13H,7,9-11H2,(H,16,18). The molecule has 1 atom stereocenters. The van der Waals surface area contributed by atoms with Crippen LogP contribution in [0.4, 0.5) is 0 Å². The van der Waals surface area contributed by atoms with Crippen LogP contribution in [0.1, 0.15) is 12.0 Å². The summed E-state index contributed by atoms with van der Waals surface area (Å²) in [5.74, 6) is 2.23. The van der Waals surface area contributed by atoms with Crippen LogP contribution in [0, 0.1) is 10.8 Å². The van der Waals surface area contributed by atoms with E-state index >= 15 is 0 Å². The van der Waals surface area contributed by atoms with E-state index in [1.165, 1.54) is 5.56 Å². The number of likely N-dealkylation sites (tertiary alicyclic amines) is 1. The van der Waals surface area contributed by atoms with E-state index in [0.29, 0.717) is 0 Å². The highest BCUT2D eigenvalue weighted by Crippen LogP contribution is 2.13. The van der Waals surface area contributed by atoms with Crippen molar-refractivity contribution in [2.24, 2.45) is 0 Å². The summed E-state index contributed by atoms with van der Waals surface area (Å²) in [5, 5.41) is 2.91. The maximum Gasteiger partial charge on any atom is 0.297 e. The second-order valence-electron chi connectivity index (χ2n) is 4.40. The Morgan fingerprint density at radius 3 is 2.94 bits per heavy atom. The summed E-state index contributed by atoms with van der Waals surface area (Å²) in [6.07, 6.45) is 0.989. The monoisotopic (exact) mass is 306 g/mol. The molecule has 0 spiro atoms. The molecule has 1 heterocycles. The van der Waals surface area contributed by atoms with Crippen LogP contribution in [0.25, 0.3) is 0 Å². The lowest BCUT2D eigenvalue weighted by atomic mass is 10.2. The second kappa shape index (κ2) is 6.58. The molecule has 1 saturated heterocycles. The lowest BCUT2D eigenvalue weighted by Crippen LogP contribution is -2.36. The van der Waals surface area contributed by atoms with Gasteiger partial charge >= 0.3 is 0 Å². The summed E-state index contributed by atoms with van der Waals surface area (Å²) in [7, 11) is 0. The third kappa shape index (κ3) is 3.86. The molecule has 1 N–H and O–H groups in total. The van der Waals surface area contributed by atoms with E-state index in [1.807, 2.05) is 6.07 Å². The molecule has 1 amide bonds.